The van der Waals surface area contributed by atoms with Crippen LogP contribution < -0.4 is 11.5 Å². The first kappa shape index (κ1) is 26.4. The summed E-state index contributed by atoms with van der Waals surface area (Å²) in [5, 5.41) is 0. The molecule has 0 aliphatic rings. The molecule has 0 aromatic rings. The summed E-state index contributed by atoms with van der Waals surface area (Å²) in [5.74, 6) is 0. The molecular weight excluding hydrogens is 308 g/mol. The number of hydrogen-bond donors (Lipinski definition) is 2. The number of nitrogens with two attached hydrogens (primary N) is 2. The van der Waals surface area contributed by atoms with Crippen LogP contribution in [0.1, 0.15) is 90.9 Å². The Labute approximate surface area is 150 Å². The predicted octanol–water partition coefficient (Wildman–Crippen LogP) is 6.07. The lowest BCUT2D eigenvalue weighted by Crippen LogP contribution is -2.06. The molecule has 0 atom stereocenters. The van der Waals surface area contributed by atoms with Crippen molar-refractivity contribution in [1.29, 1.82) is 0 Å². The zero-order chi connectivity index (χ0) is 17.6. The highest BCUT2D eigenvalue weighted by molar-refractivity contribution is 7.80. The molecule has 0 aliphatic heterocycles. The number of unbranched alkanes of at least 4 members (excludes halogenated alkanes) is 8. The Bertz CT molecular complexity index is 219. The molecule has 0 unspecified atom stereocenters. The smallest absolute Gasteiger partial charge is 0.0727 e. The number of rotatable bonds is 12. The van der Waals surface area contributed by atoms with Crippen LogP contribution in [0.5, 0.6) is 0 Å². The topological polar surface area (TPSA) is 52.0 Å². The summed E-state index contributed by atoms with van der Waals surface area (Å²) in [7, 11) is 0. The van der Waals surface area contributed by atoms with E-state index in [4.69, 9.17) is 35.9 Å². The van der Waals surface area contributed by atoms with Crippen molar-refractivity contribution in [3.63, 3.8) is 0 Å². The van der Waals surface area contributed by atoms with Crippen molar-refractivity contribution < 1.29 is 0 Å². The van der Waals surface area contributed by atoms with Crippen molar-refractivity contribution in [2.75, 3.05) is 0 Å². The Balaban J connectivity index is -0.000000294. The van der Waals surface area contributed by atoms with E-state index in [1.54, 1.807) is 0 Å². The summed E-state index contributed by atoms with van der Waals surface area (Å²) in [6.45, 7) is 10.4. The van der Waals surface area contributed by atoms with Gasteiger partial charge in [0.2, 0.25) is 0 Å². The third-order valence-electron chi connectivity index (χ3n) is 3.05. The summed E-state index contributed by atoms with van der Waals surface area (Å²) < 4.78 is 0. The van der Waals surface area contributed by atoms with Crippen LogP contribution in [0, 0.1) is 0 Å². The van der Waals surface area contributed by atoms with Crippen molar-refractivity contribution in [2.24, 2.45) is 11.5 Å². The molecule has 0 saturated carbocycles. The van der Waals surface area contributed by atoms with Crippen molar-refractivity contribution in [2.45, 2.75) is 90.9 Å². The molecule has 0 fully saturated rings. The van der Waals surface area contributed by atoms with Crippen molar-refractivity contribution in [3.8, 4) is 0 Å². The quantitative estimate of drug-likeness (QED) is 0.256. The highest BCUT2D eigenvalue weighted by Crippen LogP contribution is 2.05. The van der Waals surface area contributed by atoms with Gasteiger partial charge in [-0.25, -0.2) is 0 Å². The van der Waals surface area contributed by atoms with Gasteiger partial charge in [-0.2, -0.15) is 0 Å². The fraction of sp³-hybridized carbons (Fsp3) is 0.778. The summed E-state index contributed by atoms with van der Waals surface area (Å²) in [6.07, 6.45) is 14.7. The van der Waals surface area contributed by atoms with E-state index in [1.807, 2.05) is 0 Å². The van der Waals surface area contributed by atoms with Crippen LogP contribution in [0.3, 0.4) is 0 Å². The predicted molar refractivity (Wildman–Crippen MR) is 112 cm³/mol. The molecule has 0 heterocycles. The fourth-order valence-corrected chi connectivity index (χ4v) is 2.09. The zero-order valence-corrected chi connectivity index (χ0v) is 16.5. The molecule has 132 valence electrons. The van der Waals surface area contributed by atoms with Crippen LogP contribution in [-0.4, -0.2) is 9.98 Å². The third kappa shape index (κ3) is 36.6. The largest absolute Gasteiger partial charge is 0.393 e. The zero-order valence-electron chi connectivity index (χ0n) is 14.9. The van der Waals surface area contributed by atoms with E-state index >= 15 is 0 Å². The van der Waals surface area contributed by atoms with E-state index in [9.17, 15) is 0 Å². The van der Waals surface area contributed by atoms with Crippen molar-refractivity contribution in [3.05, 3.63) is 13.2 Å². The first-order valence-electron chi connectivity index (χ1n) is 8.61. The van der Waals surface area contributed by atoms with E-state index in [0.29, 0.717) is 9.98 Å². The molecule has 0 rings (SSSR count). The monoisotopic (exact) mass is 346 g/mol. The van der Waals surface area contributed by atoms with Crippen LogP contribution in [-0.2, 0) is 0 Å². The molecule has 4 heteroatoms. The number of hydrogen-bond acceptors (Lipinski definition) is 2. The van der Waals surface area contributed by atoms with E-state index in [1.165, 1.54) is 64.2 Å². The summed E-state index contributed by atoms with van der Waals surface area (Å²) >= 11 is 9.50. The maximum absolute atomic E-state index is 5.34. The maximum Gasteiger partial charge on any atom is 0.0727 e. The Morgan fingerprint density at radius 3 is 1.14 bits per heavy atom. The Hall–Kier alpha value is -0.480. The first-order valence-corrected chi connectivity index (χ1v) is 9.42. The van der Waals surface area contributed by atoms with Crippen LogP contribution in [0.15, 0.2) is 13.2 Å². The molecule has 4 N–H and O–H groups in total. The second kappa shape index (κ2) is 25.5. The van der Waals surface area contributed by atoms with E-state index in [2.05, 4.69) is 27.0 Å². The molecule has 0 aliphatic carbocycles. The van der Waals surface area contributed by atoms with Gasteiger partial charge in [-0.3, -0.25) is 0 Å². The molecule has 2 nitrogen and oxygen atoms in total. The van der Waals surface area contributed by atoms with E-state index < -0.39 is 0 Å². The standard InChI is InChI=1S/2C8H17NS.C2H4/c2*1-2-3-4-5-6-7-8(9)10;1-2/h2*2-7H2,1H3,(H2,9,10);1-2H2. The van der Waals surface area contributed by atoms with Gasteiger partial charge in [0.15, 0.2) is 0 Å². The second-order valence-corrected chi connectivity index (χ2v) is 6.31. The van der Waals surface area contributed by atoms with Gasteiger partial charge in [0, 0.05) is 0 Å². The molecule has 22 heavy (non-hydrogen) atoms. The Kier molecular flexibility index (Phi) is 30.6. The van der Waals surface area contributed by atoms with E-state index in [0.717, 1.165) is 12.8 Å². The molecule has 0 spiro atoms. The molecule has 0 aromatic heterocycles. The molecule has 0 saturated heterocycles. The minimum Gasteiger partial charge on any atom is -0.393 e. The van der Waals surface area contributed by atoms with Gasteiger partial charge in [0.05, 0.1) is 9.98 Å². The van der Waals surface area contributed by atoms with Gasteiger partial charge in [0.1, 0.15) is 0 Å². The van der Waals surface area contributed by atoms with Gasteiger partial charge in [-0.15, -0.1) is 13.2 Å². The van der Waals surface area contributed by atoms with Crippen LogP contribution >= 0.6 is 24.4 Å². The molecule has 0 bridgehead atoms. The summed E-state index contributed by atoms with van der Waals surface area (Å²) in [4.78, 5) is 1.33. The summed E-state index contributed by atoms with van der Waals surface area (Å²) in [5.41, 5.74) is 10.7. The van der Waals surface area contributed by atoms with Crippen LogP contribution in [0.25, 0.3) is 0 Å². The minimum absolute atomic E-state index is 0.663. The molecule has 0 amide bonds. The van der Waals surface area contributed by atoms with Gasteiger partial charge >= 0.3 is 0 Å². The Morgan fingerprint density at radius 1 is 0.636 bits per heavy atom. The second-order valence-electron chi connectivity index (χ2n) is 5.26. The van der Waals surface area contributed by atoms with Crippen LogP contribution in [0.4, 0.5) is 0 Å². The first-order chi connectivity index (χ1) is 10.5. The van der Waals surface area contributed by atoms with Crippen molar-refractivity contribution in [1.82, 2.24) is 0 Å². The van der Waals surface area contributed by atoms with Crippen LogP contribution in [0.2, 0.25) is 0 Å². The highest BCUT2D eigenvalue weighted by Gasteiger charge is 1.90. The van der Waals surface area contributed by atoms with Gasteiger partial charge in [0.25, 0.3) is 0 Å². The average Bonchev–Trinajstić information content (AvgIpc) is 2.49. The SMILES string of the molecule is C=C.CCCCCCCC(N)=S.CCCCCCCC(N)=S. The van der Waals surface area contributed by atoms with Gasteiger partial charge in [-0.1, -0.05) is 89.6 Å². The highest BCUT2D eigenvalue weighted by atomic mass is 32.1. The normalized spacial score (nSPS) is 9.00. The third-order valence-corrected chi connectivity index (χ3v) is 3.46. The fourth-order valence-electron chi connectivity index (χ4n) is 1.81. The molecular formula is C18H38N2S2. The number of thiocarbonyl (C=S) groups is 2. The lowest BCUT2D eigenvalue weighted by Gasteiger charge is -1.97. The van der Waals surface area contributed by atoms with Gasteiger partial charge < -0.3 is 11.5 Å². The molecule has 0 aromatic carbocycles. The van der Waals surface area contributed by atoms with E-state index in [-0.39, 0.29) is 0 Å². The Morgan fingerprint density at radius 2 is 0.909 bits per heavy atom. The molecule has 0 radical (unpaired) electrons. The minimum atomic E-state index is 0.663. The summed E-state index contributed by atoms with van der Waals surface area (Å²) in [6, 6.07) is 0. The maximum atomic E-state index is 5.34. The lowest BCUT2D eigenvalue weighted by molar-refractivity contribution is 0.644. The van der Waals surface area contributed by atoms with Crippen molar-refractivity contribution >= 4 is 34.4 Å². The van der Waals surface area contributed by atoms with Gasteiger partial charge in [-0.05, 0) is 25.7 Å². The average molecular weight is 347 g/mol. The lowest BCUT2D eigenvalue weighted by atomic mass is 10.1.